The summed E-state index contributed by atoms with van der Waals surface area (Å²) in [6.45, 7) is 0. The van der Waals surface area contributed by atoms with Crippen LogP contribution in [0.15, 0.2) is 36.4 Å². The smallest absolute Gasteiger partial charge is 0.406 e. The van der Waals surface area contributed by atoms with E-state index in [2.05, 4.69) is 0 Å². The van der Waals surface area contributed by atoms with Gasteiger partial charge in [-0.2, -0.15) is 0 Å². The Labute approximate surface area is 178 Å². The lowest BCUT2D eigenvalue weighted by molar-refractivity contribution is 0.386. The molecule has 3 aromatic carbocycles. The highest BCUT2D eigenvalue weighted by atomic mass is 27.2. The quantitative estimate of drug-likeness (QED) is 0.422. The Hall–Kier alpha value is -2.83. The highest BCUT2D eigenvalue weighted by molar-refractivity contribution is 6.97. The molecule has 31 heavy (non-hydrogen) atoms. The standard InChI is InChI=1S/3C7H5F2O.Al/c1-10-7-3-5(8)2-6(9)4-7;2*1-10-7-3-2-5(8)4-6(7)9;/h2-3H,1H3;2*2,4H,1H3;. The van der Waals surface area contributed by atoms with Gasteiger partial charge in [-0.05, 0) is 16.6 Å². The van der Waals surface area contributed by atoms with E-state index in [1.807, 2.05) is 0 Å². The maximum absolute atomic E-state index is 15.1. The normalized spacial score (nSPS) is 10.7. The van der Waals surface area contributed by atoms with E-state index in [1.165, 1.54) is 0 Å². The Morgan fingerprint density at radius 1 is 0.548 bits per heavy atom. The number of halogens is 6. The van der Waals surface area contributed by atoms with Gasteiger partial charge >= 0.3 is 14.1 Å². The third-order valence-electron chi connectivity index (χ3n) is 4.67. The molecule has 0 saturated heterocycles. The molecule has 0 radical (unpaired) electrons. The van der Waals surface area contributed by atoms with Gasteiger partial charge in [-0.3, -0.25) is 0 Å². The molecule has 0 amide bonds. The number of benzene rings is 3. The van der Waals surface area contributed by atoms with Gasteiger partial charge in [0.1, 0.15) is 40.5 Å². The predicted octanol–water partition coefficient (Wildman–Crippen LogP) is 3.06. The largest absolute Gasteiger partial charge is 0.498 e. The zero-order valence-corrected chi connectivity index (χ0v) is 17.7. The van der Waals surface area contributed by atoms with Crippen LogP contribution in [-0.4, -0.2) is 35.5 Å². The van der Waals surface area contributed by atoms with E-state index >= 15 is 4.39 Å². The highest BCUT2D eigenvalue weighted by Gasteiger charge is 2.39. The van der Waals surface area contributed by atoms with Gasteiger partial charge in [-0.1, -0.05) is 8.85 Å². The van der Waals surface area contributed by atoms with Crippen LogP contribution < -0.4 is 27.5 Å². The maximum atomic E-state index is 15.1. The van der Waals surface area contributed by atoms with Crippen LogP contribution in [0.1, 0.15) is 0 Å². The van der Waals surface area contributed by atoms with Gasteiger partial charge in [0.2, 0.25) is 0 Å². The summed E-state index contributed by atoms with van der Waals surface area (Å²) in [7, 11) is 3.34. The summed E-state index contributed by atoms with van der Waals surface area (Å²) in [5.41, 5.74) is 0. The first-order chi connectivity index (χ1) is 14.7. The van der Waals surface area contributed by atoms with Crippen LogP contribution >= 0.6 is 0 Å². The number of rotatable bonds is 6. The molecule has 162 valence electrons. The topological polar surface area (TPSA) is 27.7 Å². The molecule has 10 heteroatoms. The van der Waals surface area contributed by atoms with Crippen molar-refractivity contribution in [1.82, 2.24) is 0 Å². The van der Waals surface area contributed by atoms with E-state index < -0.39 is 60.6 Å². The van der Waals surface area contributed by atoms with Gasteiger partial charge in [0.15, 0.2) is 11.6 Å². The fraction of sp³-hybridized carbons (Fsp3) is 0.143. The van der Waals surface area contributed by atoms with E-state index in [-0.39, 0.29) is 19.0 Å². The molecule has 0 heterocycles. The van der Waals surface area contributed by atoms with Crippen molar-refractivity contribution in [3.63, 3.8) is 0 Å². The summed E-state index contributed by atoms with van der Waals surface area (Å²) in [5, 5.41) is 0. The second-order valence-corrected chi connectivity index (χ2v) is 9.14. The van der Waals surface area contributed by atoms with Crippen molar-refractivity contribution in [3.8, 4) is 17.2 Å². The van der Waals surface area contributed by atoms with Crippen LogP contribution in [-0.2, 0) is 0 Å². The number of methoxy groups -OCH3 is 3. The van der Waals surface area contributed by atoms with E-state index in [0.717, 1.165) is 39.5 Å². The second kappa shape index (κ2) is 9.12. The summed E-state index contributed by atoms with van der Waals surface area (Å²) in [6, 6.07) is 4.27. The summed E-state index contributed by atoms with van der Waals surface area (Å²) in [4.78, 5) is 0. The van der Waals surface area contributed by atoms with Crippen molar-refractivity contribution in [2.75, 3.05) is 21.3 Å². The Balaban J connectivity index is 2.50. The van der Waals surface area contributed by atoms with Crippen LogP contribution in [0.5, 0.6) is 17.2 Å². The molecule has 0 spiro atoms. The predicted molar refractivity (Wildman–Crippen MR) is 103 cm³/mol. The monoisotopic (exact) mass is 456 g/mol. The SMILES string of the molecule is COc1cc(F)cc(F)[c]1[Al]([c]1cc(F)cc(F)c1OC)[c]1cc(F)cc(F)c1OC. The first-order valence-corrected chi connectivity index (χ1v) is 10.5. The molecule has 0 aromatic heterocycles. The second-order valence-electron chi connectivity index (χ2n) is 6.46. The lowest BCUT2D eigenvalue weighted by Crippen LogP contribution is -2.55. The van der Waals surface area contributed by atoms with E-state index in [0.29, 0.717) is 18.2 Å². The van der Waals surface area contributed by atoms with Gasteiger partial charge < -0.3 is 14.2 Å². The summed E-state index contributed by atoms with van der Waals surface area (Å²) >= 11 is -3.53. The molecular weight excluding hydrogens is 441 g/mol. The molecule has 0 N–H and O–H groups in total. The molecular formula is C21H15AlF6O3. The van der Waals surface area contributed by atoms with Crippen LogP contribution in [0.3, 0.4) is 0 Å². The summed E-state index contributed by atoms with van der Waals surface area (Å²) in [5.74, 6) is -7.54. The van der Waals surface area contributed by atoms with Crippen molar-refractivity contribution in [1.29, 1.82) is 0 Å². The third kappa shape index (κ3) is 4.31. The van der Waals surface area contributed by atoms with Crippen LogP contribution in [0, 0.1) is 34.9 Å². The first-order valence-electron chi connectivity index (χ1n) is 8.80. The average Bonchev–Trinajstić information content (AvgIpc) is 2.68. The van der Waals surface area contributed by atoms with Gasteiger partial charge in [0, 0.05) is 24.3 Å². The fourth-order valence-corrected chi connectivity index (χ4v) is 7.00. The minimum Gasteiger partial charge on any atom is -0.498 e. The van der Waals surface area contributed by atoms with Crippen molar-refractivity contribution >= 4 is 27.4 Å². The van der Waals surface area contributed by atoms with Gasteiger partial charge in [-0.25, -0.2) is 26.3 Å². The van der Waals surface area contributed by atoms with Crippen molar-refractivity contribution in [2.24, 2.45) is 0 Å². The third-order valence-corrected chi connectivity index (χ3v) is 7.91. The summed E-state index contributed by atoms with van der Waals surface area (Å²) in [6.07, 6.45) is 0. The molecule has 0 unspecified atom stereocenters. The molecule has 0 saturated carbocycles. The molecule has 0 fully saturated rings. The lowest BCUT2D eigenvalue weighted by Gasteiger charge is -2.22. The zero-order chi connectivity index (χ0) is 22.9. The van der Waals surface area contributed by atoms with Crippen molar-refractivity contribution < 1.29 is 40.6 Å². The minimum atomic E-state index is -3.53. The molecule has 0 aliphatic heterocycles. The highest BCUT2D eigenvalue weighted by Crippen LogP contribution is 2.23. The van der Waals surface area contributed by atoms with Gasteiger partial charge in [0.05, 0.1) is 21.3 Å². The molecule has 0 aliphatic carbocycles. The minimum absolute atomic E-state index is 0.188. The average molecular weight is 456 g/mol. The summed E-state index contributed by atoms with van der Waals surface area (Å²) < 4.78 is 101. The van der Waals surface area contributed by atoms with Gasteiger partial charge in [-0.15, -0.1) is 0 Å². The van der Waals surface area contributed by atoms with Gasteiger partial charge in [0.25, 0.3) is 0 Å². The molecule has 3 nitrogen and oxygen atoms in total. The maximum Gasteiger partial charge on any atom is 0.406 e. The zero-order valence-electron chi connectivity index (χ0n) is 16.5. The molecule has 0 atom stereocenters. The number of ether oxygens (including phenoxy) is 3. The Morgan fingerprint density at radius 3 is 1.39 bits per heavy atom. The van der Waals surface area contributed by atoms with Crippen LogP contribution in [0.4, 0.5) is 26.3 Å². The Kier molecular flexibility index (Phi) is 6.72. The molecule has 3 rings (SSSR count). The fourth-order valence-electron chi connectivity index (χ4n) is 3.51. The van der Waals surface area contributed by atoms with Crippen LogP contribution in [0.2, 0.25) is 0 Å². The number of hydrogen-bond acceptors (Lipinski definition) is 3. The van der Waals surface area contributed by atoms with Crippen molar-refractivity contribution in [2.45, 2.75) is 0 Å². The lowest BCUT2D eigenvalue weighted by atomic mass is 10.3. The molecule has 0 bridgehead atoms. The van der Waals surface area contributed by atoms with E-state index in [9.17, 15) is 22.0 Å². The van der Waals surface area contributed by atoms with E-state index in [1.54, 1.807) is 0 Å². The Bertz CT molecular complexity index is 1080. The molecule has 3 aromatic rings. The van der Waals surface area contributed by atoms with Crippen LogP contribution in [0.25, 0.3) is 0 Å². The van der Waals surface area contributed by atoms with E-state index in [4.69, 9.17) is 14.2 Å². The molecule has 0 aliphatic rings. The number of hydrogen-bond donors (Lipinski definition) is 0. The Morgan fingerprint density at radius 2 is 0.968 bits per heavy atom. The first kappa shape index (κ1) is 22.8. The van der Waals surface area contributed by atoms with Crippen molar-refractivity contribution in [3.05, 3.63) is 71.3 Å².